The van der Waals surface area contributed by atoms with Gasteiger partial charge in [0.25, 0.3) is 5.91 Å². The number of nitrogens with one attached hydrogen (secondary N) is 2. The Morgan fingerprint density at radius 2 is 1.75 bits per heavy atom. The molecule has 28 heavy (non-hydrogen) atoms. The van der Waals surface area contributed by atoms with Gasteiger partial charge in [-0.25, -0.2) is 23.4 Å². The fourth-order valence-electron chi connectivity index (χ4n) is 1.97. The van der Waals surface area contributed by atoms with Crippen LogP contribution in [0.1, 0.15) is 11.1 Å². The zero-order valence-corrected chi connectivity index (χ0v) is 15.8. The second-order valence-corrected chi connectivity index (χ2v) is 7.45. The summed E-state index contributed by atoms with van der Waals surface area (Å²) in [7, 11) is -3.78. The molecule has 0 aliphatic rings. The van der Waals surface area contributed by atoms with Gasteiger partial charge in [0.1, 0.15) is 5.75 Å². The summed E-state index contributed by atoms with van der Waals surface area (Å²) in [5.74, 6) is -1.33. The molecule has 0 spiro atoms. The van der Waals surface area contributed by atoms with E-state index in [1.54, 1.807) is 36.4 Å². The summed E-state index contributed by atoms with van der Waals surface area (Å²) >= 11 is 0. The Hall–Kier alpha value is -3.24. The number of aryl methyl sites for hydroxylation is 1. The molecule has 10 heteroatoms. The van der Waals surface area contributed by atoms with Crippen LogP contribution in [0, 0.1) is 6.92 Å². The molecule has 148 valence electrons. The van der Waals surface area contributed by atoms with Crippen molar-refractivity contribution in [1.82, 2.24) is 10.1 Å². The third-order valence-electron chi connectivity index (χ3n) is 3.40. The second-order valence-electron chi connectivity index (χ2n) is 5.68. The van der Waals surface area contributed by atoms with Crippen LogP contribution in [0.15, 0.2) is 58.5 Å². The smallest absolute Gasteiger partial charge is 0.341 e. The third kappa shape index (κ3) is 6.82. The first kappa shape index (κ1) is 21.1. The molecule has 0 heterocycles. The van der Waals surface area contributed by atoms with Gasteiger partial charge in [-0.1, -0.05) is 17.7 Å². The highest BCUT2D eigenvalue weighted by Gasteiger charge is 2.14. The Morgan fingerprint density at radius 3 is 2.36 bits per heavy atom. The van der Waals surface area contributed by atoms with Gasteiger partial charge in [-0.05, 0) is 48.9 Å². The van der Waals surface area contributed by atoms with Gasteiger partial charge in [-0.2, -0.15) is 5.10 Å². The van der Waals surface area contributed by atoms with Crippen molar-refractivity contribution in [2.75, 3.05) is 13.2 Å². The largest absolute Gasteiger partial charge is 0.482 e. The maximum atomic E-state index is 12.1. The number of nitrogens with zero attached hydrogens (tertiary/aromatic N) is 1. The number of carbonyl (C=O) groups excluding carboxylic acids is 1. The van der Waals surface area contributed by atoms with Crippen LogP contribution in [0.4, 0.5) is 0 Å². The molecule has 0 aromatic heterocycles. The van der Waals surface area contributed by atoms with Crippen LogP contribution in [-0.2, 0) is 19.6 Å². The van der Waals surface area contributed by atoms with E-state index in [1.165, 1.54) is 18.3 Å². The summed E-state index contributed by atoms with van der Waals surface area (Å²) in [6.45, 7) is 0.934. The summed E-state index contributed by atoms with van der Waals surface area (Å²) in [6.07, 6.45) is 1.35. The molecule has 0 unspecified atom stereocenters. The first-order chi connectivity index (χ1) is 13.3. The van der Waals surface area contributed by atoms with Gasteiger partial charge >= 0.3 is 5.97 Å². The molecule has 9 nitrogen and oxygen atoms in total. The average Bonchev–Trinajstić information content (AvgIpc) is 2.66. The number of rotatable bonds is 9. The minimum absolute atomic E-state index is 0.0691. The molecule has 3 N–H and O–H groups in total. The van der Waals surface area contributed by atoms with E-state index < -0.39 is 35.1 Å². The van der Waals surface area contributed by atoms with Crippen molar-refractivity contribution < 1.29 is 27.9 Å². The van der Waals surface area contributed by atoms with Crippen LogP contribution in [0.3, 0.4) is 0 Å². The van der Waals surface area contributed by atoms with Gasteiger partial charge in [0.2, 0.25) is 10.0 Å². The Morgan fingerprint density at radius 1 is 1.11 bits per heavy atom. The molecule has 0 atom stereocenters. The number of ether oxygens (including phenoxy) is 1. The number of carboxylic acid groups (broad SMARTS) is 1. The van der Waals surface area contributed by atoms with E-state index in [0.29, 0.717) is 11.3 Å². The number of hydrogen-bond acceptors (Lipinski definition) is 6. The van der Waals surface area contributed by atoms with Crippen molar-refractivity contribution in [3.05, 3.63) is 59.7 Å². The number of benzene rings is 2. The van der Waals surface area contributed by atoms with E-state index >= 15 is 0 Å². The normalized spacial score (nSPS) is 11.3. The molecule has 0 saturated carbocycles. The predicted molar refractivity (Wildman–Crippen MR) is 102 cm³/mol. The number of hydrazone groups is 1. The highest BCUT2D eigenvalue weighted by molar-refractivity contribution is 7.89. The second kappa shape index (κ2) is 9.62. The van der Waals surface area contributed by atoms with E-state index in [-0.39, 0.29) is 4.90 Å². The lowest BCUT2D eigenvalue weighted by Crippen LogP contribution is -2.34. The number of amides is 1. The Kier molecular flexibility index (Phi) is 7.24. The maximum absolute atomic E-state index is 12.1. The van der Waals surface area contributed by atoms with Crippen LogP contribution < -0.4 is 14.9 Å². The van der Waals surface area contributed by atoms with Crippen LogP contribution in [0.25, 0.3) is 0 Å². The summed E-state index contributed by atoms with van der Waals surface area (Å²) < 4.78 is 31.4. The van der Waals surface area contributed by atoms with E-state index in [0.717, 1.165) is 5.56 Å². The van der Waals surface area contributed by atoms with Crippen molar-refractivity contribution in [3.8, 4) is 5.75 Å². The van der Waals surface area contributed by atoms with E-state index in [4.69, 9.17) is 9.84 Å². The fourth-order valence-corrected chi connectivity index (χ4v) is 2.96. The van der Waals surface area contributed by atoms with E-state index in [9.17, 15) is 18.0 Å². The molecule has 0 aliphatic carbocycles. The Bertz CT molecular complexity index is 954. The van der Waals surface area contributed by atoms with Crippen molar-refractivity contribution in [1.29, 1.82) is 0 Å². The van der Waals surface area contributed by atoms with Crippen LogP contribution in [-0.4, -0.2) is 44.8 Å². The van der Waals surface area contributed by atoms with Crippen molar-refractivity contribution in [2.24, 2.45) is 5.10 Å². The molecule has 2 rings (SSSR count). The lowest BCUT2D eigenvalue weighted by molar-refractivity contribution is -0.139. The highest BCUT2D eigenvalue weighted by atomic mass is 32.2. The quantitative estimate of drug-likeness (QED) is 0.419. The third-order valence-corrected chi connectivity index (χ3v) is 4.82. The number of aliphatic carboxylic acids is 1. The van der Waals surface area contributed by atoms with E-state index in [1.807, 2.05) is 6.92 Å². The Labute approximate surface area is 162 Å². The van der Waals surface area contributed by atoms with Crippen molar-refractivity contribution >= 4 is 28.1 Å². The molecule has 0 saturated heterocycles. The molecule has 0 aliphatic heterocycles. The first-order valence-electron chi connectivity index (χ1n) is 8.09. The summed E-state index contributed by atoms with van der Waals surface area (Å²) in [5.41, 5.74) is 3.77. The molecular weight excluding hydrogens is 386 g/mol. The van der Waals surface area contributed by atoms with Crippen LogP contribution >= 0.6 is 0 Å². The van der Waals surface area contributed by atoms with E-state index in [2.05, 4.69) is 15.2 Å². The predicted octanol–water partition coefficient (Wildman–Crippen LogP) is 0.887. The Balaban J connectivity index is 1.81. The number of hydrogen-bond donors (Lipinski definition) is 3. The minimum Gasteiger partial charge on any atom is -0.482 e. The summed E-state index contributed by atoms with van der Waals surface area (Å²) in [6, 6.07) is 12.6. The minimum atomic E-state index is -3.78. The lowest BCUT2D eigenvalue weighted by Gasteiger charge is -2.06. The molecule has 2 aromatic rings. The average molecular weight is 405 g/mol. The fraction of sp³-hybridized carbons (Fsp3) is 0.167. The molecule has 2 aromatic carbocycles. The number of carbonyl (C=O) groups is 2. The lowest BCUT2D eigenvalue weighted by atomic mass is 10.2. The topological polar surface area (TPSA) is 134 Å². The molecule has 0 fully saturated rings. The molecule has 1 amide bonds. The van der Waals surface area contributed by atoms with Gasteiger partial charge in [0.15, 0.2) is 6.61 Å². The first-order valence-corrected chi connectivity index (χ1v) is 9.57. The van der Waals surface area contributed by atoms with Crippen molar-refractivity contribution in [2.45, 2.75) is 11.8 Å². The highest BCUT2D eigenvalue weighted by Crippen LogP contribution is 2.11. The zero-order valence-electron chi connectivity index (χ0n) is 15.0. The number of sulfonamides is 1. The monoisotopic (exact) mass is 405 g/mol. The van der Waals surface area contributed by atoms with Crippen LogP contribution in [0.5, 0.6) is 5.75 Å². The standard InChI is InChI=1S/C18H19N3O6S/c1-13-2-8-16(9-3-13)28(25,26)20-11-17(22)21-19-10-14-4-6-15(7-5-14)27-12-18(23)24/h2-10,20H,11-12H2,1H3,(H,21,22)(H,23,24). The maximum Gasteiger partial charge on any atom is 0.341 e. The van der Waals surface area contributed by atoms with Gasteiger partial charge < -0.3 is 9.84 Å². The zero-order chi connectivity index (χ0) is 20.6. The summed E-state index contributed by atoms with van der Waals surface area (Å²) in [4.78, 5) is 22.2. The van der Waals surface area contributed by atoms with Crippen molar-refractivity contribution in [3.63, 3.8) is 0 Å². The molecule has 0 bridgehead atoms. The van der Waals surface area contributed by atoms with Gasteiger partial charge in [-0.15, -0.1) is 0 Å². The molecular formula is C18H19N3O6S. The SMILES string of the molecule is Cc1ccc(S(=O)(=O)NCC(=O)NN=Cc2ccc(OCC(=O)O)cc2)cc1. The number of carboxylic acids is 1. The van der Waals surface area contributed by atoms with Crippen LogP contribution in [0.2, 0.25) is 0 Å². The van der Waals surface area contributed by atoms with Gasteiger partial charge in [-0.3, -0.25) is 4.79 Å². The van der Waals surface area contributed by atoms with Gasteiger partial charge in [0.05, 0.1) is 17.7 Å². The summed E-state index contributed by atoms with van der Waals surface area (Å²) in [5, 5.41) is 12.3. The van der Waals surface area contributed by atoms with Gasteiger partial charge in [0, 0.05) is 0 Å². The molecule has 0 radical (unpaired) electrons.